The van der Waals surface area contributed by atoms with E-state index in [0.29, 0.717) is 26.1 Å². The summed E-state index contributed by atoms with van der Waals surface area (Å²) in [6.45, 7) is 9.75. The second kappa shape index (κ2) is 11.6. The average Bonchev–Trinajstić information content (AvgIpc) is 3.40. The zero-order chi connectivity index (χ0) is 32.2. The highest BCUT2D eigenvalue weighted by Gasteiger charge is 2.78. The van der Waals surface area contributed by atoms with E-state index in [1.54, 1.807) is 13.8 Å². The third kappa shape index (κ3) is 4.56. The highest BCUT2D eigenvalue weighted by atomic mass is 19.1. The summed E-state index contributed by atoms with van der Waals surface area (Å²) >= 11 is 0. The molecule has 2 unspecified atom stereocenters. The second-order valence-corrected chi connectivity index (χ2v) is 13.8. The van der Waals surface area contributed by atoms with Crippen LogP contribution < -0.4 is 0 Å². The predicted molar refractivity (Wildman–Crippen MR) is 161 cm³/mol. The zero-order valence-electron chi connectivity index (χ0n) is 26.3. The first-order valence-corrected chi connectivity index (χ1v) is 15.7. The molecule has 5 aliphatic rings. The van der Waals surface area contributed by atoms with Gasteiger partial charge in [-0.2, -0.15) is 0 Å². The van der Waals surface area contributed by atoms with Crippen molar-refractivity contribution in [2.45, 2.75) is 84.4 Å². The van der Waals surface area contributed by atoms with Crippen LogP contribution in [0.15, 0.2) is 54.1 Å². The number of esters is 1. The quantitative estimate of drug-likeness (QED) is 0.470. The molecule has 44 heavy (non-hydrogen) atoms. The lowest BCUT2D eigenvalue weighted by atomic mass is 9.43. The lowest BCUT2D eigenvalue weighted by molar-refractivity contribution is -0.212. The van der Waals surface area contributed by atoms with Crippen molar-refractivity contribution in [2.75, 3.05) is 19.8 Å². The summed E-state index contributed by atoms with van der Waals surface area (Å²) in [4.78, 5) is 38.0. The predicted octanol–water partition coefficient (Wildman–Crippen LogP) is 4.55. The topological polar surface area (TPSA) is 104 Å². The Kier molecular flexibility index (Phi) is 8.57. The van der Waals surface area contributed by atoms with Crippen LogP contribution in [0.3, 0.4) is 0 Å². The fraction of sp³-hybridized carbons (Fsp3) is 0.629. The average molecular weight is 614 g/mol. The first-order valence-electron chi connectivity index (χ1n) is 15.7. The second-order valence-electron chi connectivity index (χ2n) is 13.8. The Bertz CT molecular complexity index is 1370. The van der Waals surface area contributed by atoms with Crippen molar-refractivity contribution in [3.63, 3.8) is 0 Å². The van der Waals surface area contributed by atoms with Gasteiger partial charge in [0.2, 0.25) is 0 Å². The molecular weight excluding hydrogens is 568 g/mol. The van der Waals surface area contributed by atoms with Gasteiger partial charge < -0.3 is 14.9 Å². The minimum Gasteiger partial charge on any atom is -0.466 e. The number of ketones is 2. The molecule has 2 N–H and O–H groups in total. The Labute approximate surface area is 258 Å². The Morgan fingerprint density at radius 1 is 1.11 bits per heavy atom. The van der Waals surface area contributed by atoms with Crippen LogP contribution in [0, 0.1) is 34.0 Å². The summed E-state index contributed by atoms with van der Waals surface area (Å²) < 4.78 is 37.7. The molecule has 9 heteroatoms. The molecule has 1 aliphatic heterocycles. The van der Waals surface area contributed by atoms with Crippen LogP contribution in [-0.2, 0) is 25.7 Å². The molecular formula is C35H45F2NO6. The van der Waals surface area contributed by atoms with Gasteiger partial charge >= 0.3 is 5.97 Å². The molecule has 4 aliphatic carbocycles. The molecule has 6 rings (SSSR count). The maximum absolute atomic E-state index is 17.5. The van der Waals surface area contributed by atoms with Gasteiger partial charge in [0, 0.05) is 37.4 Å². The molecule has 7 nitrogen and oxygen atoms in total. The van der Waals surface area contributed by atoms with Crippen molar-refractivity contribution < 1.29 is 38.1 Å². The number of nitrogens with zero attached hydrogens (tertiary/aromatic N) is 1. The Balaban J connectivity index is 0.000000584. The van der Waals surface area contributed by atoms with E-state index in [4.69, 9.17) is 0 Å². The van der Waals surface area contributed by atoms with E-state index < -0.39 is 46.7 Å². The lowest BCUT2D eigenvalue weighted by Gasteiger charge is -2.63. The molecule has 0 aromatic heterocycles. The monoisotopic (exact) mass is 613 g/mol. The SMILES string of the molecule is CC1[C@@H]2CC3[C@@H]4C[C@H](F)C5=CC(=O)C=C[C@]5(C)[C@@]4(F)[C@@H](O)C[C@]3(C)[C@]2(C(=O)CO)CN1Cc1ccccc1.CCOC(C)=O. The highest BCUT2D eigenvalue weighted by Crippen LogP contribution is 2.75. The van der Waals surface area contributed by atoms with Crippen LogP contribution in [0.1, 0.15) is 59.4 Å². The van der Waals surface area contributed by atoms with Gasteiger partial charge in [0.05, 0.1) is 18.1 Å². The minimum atomic E-state index is -2.17. The standard InChI is InChI=1S/C31H37F2NO4.C4H8O2/c1-18-21-12-22-23-13-25(32)24-11-20(36)9-10-28(24,2)31(23,33)26(37)14-29(22,3)30(21,27(38)16-35)17-34(18)15-19-7-5-4-6-8-19;1-3-6-4(2)5/h4-11,18,21-23,25-26,35,37H,12-17H2,1-3H3;3H2,1-2H3/t18?,21-,22?,23-,25-,26-,28-,29-,30+,31-;/m0./s1. The maximum Gasteiger partial charge on any atom is 0.302 e. The van der Waals surface area contributed by atoms with Gasteiger partial charge in [0.1, 0.15) is 12.8 Å². The number of ether oxygens (including phenoxy) is 1. The summed E-state index contributed by atoms with van der Waals surface area (Å²) in [5.74, 6) is -2.17. The number of carbonyl (C=O) groups is 3. The molecule has 4 fully saturated rings. The number of hydrogen-bond donors (Lipinski definition) is 2. The van der Waals surface area contributed by atoms with Gasteiger partial charge in [-0.05, 0) is 80.6 Å². The molecule has 0 spiro atoms. The summed E-state index contributed by atoms with van der Waals surface area (Å²) in [7, 11) is 0. The van der Waals surface area contributed by atoms with Crippen LogP contribution in [-0.4, -0.2) is 76.4 Å². The third-order valence-corrected chi connectivity index (χ3v) is 12.0. The number of benzene rings is 1. The van der Waals surface area contributed by atoms with E-state index in [1.165, 1.54) is 25.2 Å². The third-order valence-electron chi connectivity index (χ3n) is 12.0. The first-order chi connectivity index (χ1) is 20.7. The number of rotatable bonds is 5. The molecule has 10 atom stereocenters. The minimum absolute atomic E-state index is 0.0118. The van der Waals surface area contributed by atoms with Crippen LogP contribution in [0.4, 0.5) is 8.78 Å². The van der Waals surface area contributed by atoms with Crippen LogP contribution in [0.5, 0.6) is 0 Å². The van der Waals surface area contributed by atoms with Crippen LogP contribution in [0.25, 0.3) is 0 Å². The number of carbonyl (C=O) groups excluding carboxylic acids is 3. The van der Waals surface area contributed by atoms with Crippen molar-refractivity contribution in [1.82, 2.24) is 4.90 Å². The largest absolute Gasteiger partial charge is 0.466 e. The fourth-order valence-electron chi connectivity index (χ4n) is 10.0. The number of halogens is 2. The van der Waals surface area contributed by atoms with Gasteiger partial charge in [-0.15, -0.1) is 0 Å². The Morgan fingerprint density at radius 3 is 2.39 bits per heavy atom. The highest BCUT2D eigenvalue weighted by molar-refractivity contribution is 6.01. The van der Waals surface area contributed by atoms with Crippen LogP contribution in [0.2, 0.25) is 0 Å². The number of aliphatic hydroxyl groups is 2. The van der Waals surface area contributed by atoms with Gasteiger partial charge in [0.15, 0.2) is 17.2 Å². The van der Waals surface area contributed by atoms with E-state index in [2.05, 4.69) is 16.6 Å². The number of allylic oxidation sites excluding steroid dienone is 4. The van der Waals surface area contributed by atoms with Crippen molar-refractivity contribution in [3.8, 4) is 0 Å². The molecule has 1 heterocycles. The van der Waals surface area contributed by atoms with Gasteiger partial charge in [0.25, 0.3) is 0 Å². The first kappa shape index (κ1) is 32.6. The van der Waals surface area contributed by atoms with E-state index >= 15 is 8.78 Å². The van der Waals surface area contributed by atoms with Gasteiger partial charge in [-0.3, -0.25) is 19.3 Å². The van der Waals surface area contributed by atoms with Gasteiger partial charge in [-0.25, -0.2) is 8.78 Å². The number of aliphatic hydroxyl groups excluding tert-OH is 2. The fourth-order valence-corrected chi connectivity index (χ4v) is 10.0. The molecule has 0 radical (unpaired) electrons. The van der Waals surface area contributed by atoms with Crippen molar-refractivity contribution in [3.05, 3.63) is 59.7 Å². The summed E-state index contributed by atoms with van der Waals surface area (Å²) in [6.07, 6.45) is 1.42. The van der Waals surface area contributed by atoms with Crippen molar-refractivity contribution >= 4 is 17.5 Å². The number of hydrogen-bond acceptors (Lipinski definition) is 7. The van der Waals surface area contributed by atoms with Crippen LogP contribution >= 0.6 is 0 Å². The smallest absolute Gasteiger partial charge is 0.302 e. The maximum atomic E-state index is 17.5. The molecule has 240 valence electrons. The number of fused-ring (bicyclic) bond motifs is 7. The molecule has 0 amide bonds. The molecule has 3 saturated carbocycles. The normalized spacial score (nSPS) is 42.2. The van der Waals surface area contributed by atoms with Crippen molar-refractivity contribution in [1.29, 1.82) is 0 Å². The van der Waals surface area contributed by atoms with E-state index in [0.717, 1.165) is 5.56 Å². The summed E-state index contributed by atoms with van der Waals surface area (Å²) in [6, 6.07) is 10.0. The number of Topliss-reactive ketones (excluding diaryl/α,β-unsaturated/α-hetero) is 1. The number of alkyl halides is 2. The summed E-state index contributed by atoms with van der Waals surface area (Å²) in [5, 5.41) is 21.9. The number of likely N-dealkylation sites (tertiary alicyclic amines) is 1. The molecule has 1 aromatic rings. The zero-order valence-corrected chi connectivity index (χ0v) is 26.3. The Hall–Kier alpha value is -2.75. The van der Waals surface area contributed by atoms with Gasteiger partial charge in [-0.1, -0.05) is 43.3 Å². The molecule has 0 bridgehead atoms. The van der Waals surface area contributed by atoms with E-state index in [9.17, 15) is 24.6 Å². The molecule has 1 saturated heterocycles. The van der Waals surface area contributed by atoms with E-state index in [-0.39, 0.29) is 53.8 Å². The Morgan fingerprint density at radius 2 is 1.80 bits per heavy atom. The summed E-state index contributed by atoms with van der Waals surface area (Å²) in [5.41, 5.74) is -4.17. The molecule has 1 aromatic carbocycles. The lowest BCUT2D eigenvalue weighted by Crippen LogP contribution is -2.69. The van der Waals surface area contributed by atoms with E-state index in [1.807, 2.05) is 37.3 Å². The van der Waals surface area contributed by atoms with Crippen molar-refractivity contribution in [2.24, 2.45) is 34.0 Å².